The van der Waals surface area contributed by atoms with Crippen molar-refractivity contribution in [3.8, 4) is 0 Å². The molecule has 1 aliphatic rings. The third-order valence-corrected chi connectivity index (χ3v) is 7.66. The van der Waals surface area contributed by atoms with E-state index in [0.717, 1.165) is 30.6 Å². The maximum absolute atomic E-state index is 13.3. The number of benzene rings is 2. The monoisotopic (exact) mass is 519 g/mol. The molecule has 1 fully saturated rings. The van der Waals surface area contributed by atoms with Gasteiger partial charge in [-0.25, -0.2) is 17.9 Å². The smallest absolute Gasteiger partial charge is 0.404 e. The van der Waals surface area contributed by atoms with E-state index in [-0.39, 0.29) is 23.8 Å². The summed E-state index contributed by atoms with van der Waals surface area (Å²) in [6.07, 6.45) is -0.819. The SMILES string of the molecule is CC(C)CNc1ccc(S(=O)(=O)N[C@@H](CC2CCCO2)[C@H](O)[C@H](Cc2ccccc2)NC(=O)O)cc1. The lowest BCUT2D eigenvalue weighted by atomic mass is 9.93. The van der Waals surface area contributed by atoms with Crippen LogP contribution in [0.15, 0.2) is 59.5 Å². The van der Waals surface area contributed by atoms with Gasteiger partial charge in [0.1, 0.15) is 0 Å². The highest BCUT2D eigenvalue weighted by Gasteiger charge is 2.35. The number of hydrogen-bond acceptors (Lipinski definition) is 6. The summed E-state index contributed by atoms with van der Waals surface area (Å²) in [5.74, 6) is 0.443. The van der Waals surface area contributed by atoms with Gasteiger partial charge in [-0.2, -0.15) is 0 Å². The zero-order valence-corrected chi connectivity index (χ0v) is 21.6. The molecule has 1 amide bonds. The summed E-state index contributed by atoms with van der Waals surface area (Å²) < 4.78 is 34.9. The first-order chi connectivity index (χ1) is 17.1. The summed E-state index contributed by atoms with van der Waals surface area (Å²) in [6.45, 7) is 5.50. The number of aliphatic hydroxyl groups excluding tert-OH is 1. The van der Waals surface area contributed by atoms with Crippen LogP contribution < -0.4 is 15.4 Å². The molecule has 2 aromatic carbocycles. The largest absolute Gasteiger partial charge is 0.465 e. The van der Waals surface area contributed by atoms with Crippen LogP contribution in [-0.4, -0.2) is 62.2 Å². The first kappa shape index (κ1) is 27.9. The number of aliphatic hydroxyl groups is 1. The molecule has 0 aliphatic carbocycles. The van der Waals surface area contributed by atoms with Gasteiger partial charge in [0.2, 0.25) is 10.0 Å². The second kappa shape index (κ2) is 13.0. The van der Waals surface area contributed by atoms with Crippen molar-refractivity contribution in [3.05, 3.63) is 60.2 Å². The Labute approximate surface area is 213 Å². The van der Waals surface area contributed by atoms with Gasteiger partial charge in [-0.1, -0.05) is 44.2 Å². The fourth-order valence-electron chi connectivity index (χ4n) is 4.28. The summed E-state index contributed by atoms with van der Waals surface area (Å²) in [4.78, 5) is 11.6. The van der Waals surface area contributed by atoms with Gasteiger partial charge in [-0.15, -0.1) is 0 Å². The topological polar surface area (TPSA) is 137 Å². The van der Waals surface area contributed by atoms with Crippen LogP contribution in [0.1, 0.15) is 38.7 Å². The number of sulfonamides is 1. The molecule has 198 valence electrons. The predicted molar refractivity (Wildman–Crippen MR) is 139 cm³/mol. The highest BCUT2D eigenvalue weighted by atomic mass is 32.2. The second-order valence-electron chi connectivity index (χ2n) is 9.63. The van der Waals surface area contributed by atoms with Crippen LogP contribution >= 0.6 is 0 Å². The zero-order chi connectivity index (χ0) is 26.1. The van der Waals surface area contributed by atoms with Crippen LogP contribution in [0.4, 0.5) is 10.5 Å². The van der Waals surface area contributed by atoms with E-state index in [1.165, 1.54) is 12.1 Å². The second-order valence-corrected chi connectivity index (χ2v) is 11.3. The van der Waals surface area contributed by atoms with E-state index in [9.17, 15) is 23.4 Å². The lowest BCUT2D eigenvalue weighted by Gasteiger charge is -2.32. The van der Waals surface area contributed by atoms with Crippen LogP contribution in [-0.2, 0) is 21.2 Å². The van der Waals surface area contributed by atoms with E-state index in [0.29, 0.717) is 12.5 Å². The molecule has 9 nitrogen and oxygen atoms in total. The van der Waals surface area contributed by atoms with Crippen molar-refractivity contribution in [1.82, 2.24) is 10.0 Å². The minimum atomic E-state index is -4.00. The van der Waals surface area contributed by atoms with E-state index in [1.807, 2.05) is 30.3 Å². The van der Waals surface area contributed by atoms with E-state index < -0.39 is 34.3 Å². The third-order valence-electron chi connectivity index (χ3n) is 6.16. The molecule has 0 spiro atoms. The summed E-state index contributed by atoms with van der Waals surface area (Å²) in [6, 6.07) is 13.7. The highest BCUT2D eigenvalue weighted by Crippen LogP contribution is 2.23. The Hall–Kier alpha value is -2.66. The molecular formula is C26H37N3O6S. The molecule has 10 heteroatoms. The number of amides is 1. The first-order valence-corrected chi connectivity index (χ1v) is 13.8. The molecule has 1 heterocycles. The van der Waals surface area contributed by atoms with Crippen LogP contribution in [0.25, 0.3) is 0 Å². The number of ether oxygens (including phenoxy) is 1. The van der Waals surface area contributed by atoms with Crippen LogP contribution in [0, 0.1) is 5.92 Å². The number of anilines is 1. The normalized spacial score (nSPS) is 18.5. The van der Waals surface area contributed by atoms with Crippen LogP contribution in [0.5, 0.6) is 0 Å². The zero-order valence-electron chi connectivity index (χ0n) is 20.8. The number of nitrogens with one attached hydrogen (secondary N) is 3. The van der Waals surface area contributed by atoms with Gasteiger partial charge in [0.05, 0.1) is 29.2 Å². The van der Waals surface area contributed by atoms with Gasteiger partial charge in [0.15, 0.2) is 0 Å². The Bertz CT molecular complexity index is 1060. The van der Waals surface area contributed by atoms with Crippen LogP contribution in [0.3, 0.4) is 0 Å². The van der Waals surface area contributed by atoms with Gasteiger partial charge in [-0.05, 0) is 61.4 Å². The Morgan fingerprint density at radius 2 is 1.78 bits per heavy atom. The number of hydrogen-bond donors (Lipinski definition) is 5. The first-order valence-electron chi connectivity index (χ1n) is 12.3. The molecule has 1 unspecified atom stereocenters. The van der Waals surface area contributed by atoms with Crippen LogP contribution in [0.2, 0.25) is 0 Å². The maximum Gasteiger partial charge on any atom is 0.404 e. The summed E-state index contributed by atoms with van der Waals surface area (Å²) in [5, 5.41) is 26.3. The maximum atomic E-state index is 13.3. The average molecular weight is 520 g/mol. The molecule has 3 rings (SSSR count). The Morgan fingerprint density at radius 1 is 1.08 bits per heavy atom. The lowest BCUT2D eigenvalue weighted by molar-refractivity contribution is 0.0489. The number of carbonyl (C=O) groups is 1. The predicted octanol–water partition coefficient (Wildman–Crippen LogP) is 3.21. The molecule has 4 atom stereocenters. The molecule has 2 aromatic rings. The van der Waals surface area contributed by atoms with Crippen molar-refractivity contribution >= 4 is 21.8 Å². The number of carboxylic acid groups (broad SMARTS) is 1. The van der Waals surface area contributed by atoms with Gasteiger partial charge < -0.3 is 25.6 Å². The molecule has 1 aliphatic heterocycles. The van der Waals surface area contributed by atoms with Gasteiger partial charge in [0.25, 0.3) is 0 Å². The fourth-order valence-corrected chi connectivity index (χ4v) is 5.54. The van der Waals surface area contributed by atoms with Crippen molar-refractivity contribution in [2.75, 3.05) is 18.5 Å². The third kappa shape index (κ3) is 8.48. The Kier molecular flexibility index (Phi) is 10.1. The van der Waals surface area contributed by atoms with Crippen molar-refractivity contribution < 1.29 is 28.2 Å². The molecule has 0 bridgehead atoms. The minimum Gasteiger partial charge on any atom is -0.465 e. The van der Waals surface area contributed by atoms with E-state index in [1.54, 1.807) is 12.1 Å². The highest BCUT2D eigenvalue weighted by molar-refractivity contribution is 7.89. The van der Waals surface area contributed by atoms with Gasteiger partial charge in [-0.3, -0.25) is 0 Å². The van der Waals surface area contributed by atoms with E-state index in [4.69, 9.17) is 4.74 Å². The summed E-state index contributed by atoms with van der Waals surface area (Å²) >= 11 is 0. The van der Waals surface area contributed by atoms with Gasteiger partial charge in [0, 0.05) is 18.8 Å². The Morgan fingerprint density at radius 3 is 2.36 bits per heavy atom. The van der Waals surface area contributed by atoms with Crippen molar-refractivity contribution in [1.29, 1.82) is 0 Å². The van der Waals surface area contributed by atoms with E-state index >= 15 is 0 Å². The molecule has 0 aromatic heterocycles. The molecule has 5 N–H and O–H groups in total. The standard InChI is InChI=1S/C26H37N3O6S/c1-18(2)17-27-20-10-12-22(13-11-20)36(33,34)29-24(16-21-9-6-14-35-21)25(30)23(28-26(31)32)15-19-7-4-3-5-8-19/h3-5,7-8,10-13,18,21,23-25,27-30H,6,9,14-17H2,1-2H3,(H,31,32)/t21?,23-,24-,25+/m0/s1. The quantitative estimate of drug-likeness (QED) is 0.274. The summed E-state index contributed by atoms with van der Waals surface area (Å²) in [7, 11) is -4.00. The molecular weight excluding hydrogens is 482 g/mol. The van der Waals surface area contributed by atoms with Crippen molar-refractivity contribution in [3.63, 3.8) is 0 Å². The molecule has 1 saturated heterocycles. The van der Waals surface area contributed by atoms with E-state index in [2.05, 4.69) is 29.2 Å². The Balaban J connectivity index is 1.81. The molecule has 36 heavy (non-hydrogen) atoms. The van der Waals surface area contributed by atoms with Crippen molar-refractivity contribution in [2.45, 2.75) is 68.7 Å². The van der Waals surface area contributed by atoms with Gasteiger partial charge >= 0.3 is 6.09 Å². The summed E-state index contributed by atoms with van der Waals surface area (Å²) in [5.41, 5.74) is 1.63. The molecule has 0 saturated carbocycles. The lowest BCUT2D eigenvalue weighted by Crippen LogP contribution is -2.55. The fraction of sp³-hybridized carbons (Fsp3) is 0.500. The number of rotatable bonds is 13. The molecule has 0 radical (unpaired) electrons. The average Bonchev–Trinajstić information content (AvgIpc) is 3.35. The van der Waals surface area contributed by atoms with Crippen molar-refractivity contribution in [2.24, 2.45) is 5.92 Å². The minimum absolute atomic E-state index is 0.0629.